The smallest absolute Gasteiger partial charge is 0.272 e. The highest BCUT2D eigenvalue weighted by Crippen LogP contribution is 2.23. The number of benzene rings is 1. The number of thiophene rings is 1. The maximum absolute atomic E-state index is 13.3. The lowest BCUT2D eigenvalue weighted by atomic mass is 10.2. The zero-order valence-electron chi connectivity index (χ0n) is 12.3. The van der Waals surface area contributed by atoms with Gasteiger partial charge in [0.25, 0.3) is 5.91 Å². The average molecular weight is 428 g/mol. The highest BCUT2D eigenvalue weighted by molar-refractivity contribution is 9.10. The lowest BCUT2D eigenvalue weighted by Crippen LogP contribution is -2.32. The van der Waals surface area contributed by atoms with Gasteiger partial charge in [0, 0.05) is 12.7 Å². The fraction of sp³-hybridized carbons (Fsp3) is 0.0667. The molecule has 124 valence electrons. The first-order chi connectivity index (χ1) is 11.5. The standard InChI is InChI=1S/C15H11BrFN3O2S2/c1-20-13(8-12(19-24(20)22)14-3-2-6-23-14)15(21)18-9-4-5-11(17)10(16)7-9/h2-8H,1H3,(H,18,21). The van der Waals surface area contributed by atoms with Gasteiger partial charge in [-0.2, -0.15) is 4.40 Å². The summed E-state index contributed by atoms with van der Waals surface area (Å²) in [6.07, 6.45) is 1.58. The monoisotopic (exact) mass is 427 g/mol. The van der Waals surface area contributed by atoms with Crippen molar-refractivity contribution in [1.82, 2.24) is 4.31 Å². The van der Waals surface area contributed by atoms with Crippen LogP contribution in [0.1, 0.15) is 4.88 Å². The number of halogens is 2. The average Bonchev–Trinajstić information content (AvgIpc) is 3.08. The Balaban J connectivity index is 1.88. The van der Waals surface area contributed by atoms with Crippen LogP contribution in [-0.4, -0.2) is 27.2 Å². The number of carbonyl (C=O) groups excluding carboxylic acids is 1. The van der Waals surface area contributed by atoms with Crippen molar-refractivity contribution in [3.05, 3.63) is 62.7 Å². The second-order valence-corrected chi connectivity index (χ2v) is 7.79. The number of allylic oxidation sites excluding steroid dienone is 1. The first-order valence-corrected chi connectivity index (χ1v) is 9.46. The number of rotatable bonds is 3. The van der Waals surface area contributed by atoms with Gasteiger partial charge in [0.1, 0.15) is 11.5 Å². The number of likely N-dealkylation sites (N-methyl/N-ethyl adjacent to an activating group) is 1. The number of hydrogen-bond donors (Lipinski definition) is 1. The van der Waals surface area contributed by atoms with Crippen LogP contribution >= 0.6 is 27.3 Å². The number of nitrogens with zero attached hydrogens (tertiary/aromatic N) is 2. The third kappa shape index (κ3) is 3.47. The minimum absolute atomic E-state index is 0.215. The largest absolute Gasteiger partial charge is 0.321 e. The number of nitrogens with one attached hydrogen (secondary N) is 1. The van der Waals surface area contributed by atoms with E-state index in [1.165, 1.54) is 40.9 Å². The third-order valence-electron chi connectivity index (χ3n) is 3.21. The molecule has 0 saturated heterocycles. The van der Waals surface area contributed by atoms with Crippen molar-refractivity contribution in [2.24, 2.45) is 4.40 Å². The summed E-state index contributed by atoms with van der Waals surface area (Å²) in [5.41, 5.74) is 1.13. The second-order valence-electron chi connectivity index (χ2n) is 4.79. The van der Waals surface area contributed by atoms with Crippen molar-refractivity contribution in [3.63, 3.8) is 0 Å². The molecule has 9 heteroatoms. The van der Waals surface area contributed by atoms with Gasteiger partial charge >= 0.3 is 0 Å². The van der Waals surface area contributed by atoms with Crippen molar-refractivity contribution >= 4 is 55.7 Å². The van der Waals surface area contributed by atoms with Crippen LogP contribution < -0.4 is 5.32 Å². The Kier molecular flexibility index (Phi) is 4.93. The summed E-state index contributed by atoms with van der Waals surface area (Å²) in [5.74, 6) is -0.872. The van der Waals surface area contributed by atoms with Gasteiger partial charge < -0.3 is 5.32 Å². The number of carbonyl (C=O) groups is 1. The molecule has 2 aromatic rings. The quantitative estimate of drug-likeness (QED) is 0.814. The molecule has 1 aliphatic heterocycles. The minimum Gasteiger partial charge on any atom is -0.321 e. The van der Waals surface area contributed by atoms with Crippen LogP contribution in [0.5, 0.6) is 0 Å². The summed E-state index contributed by atoms with van der Waals surface area (Å²) < 4.78 is 31.0. The Labute approximate surface area is 152 Å². The van der Waals surface area contributed by atoms with Gasteiger partial charge in [-0.05, 0) is 51.7 Å². The molecular formula is C15H11BrFN3O2S2. The zero-order chi connectivity index (χ0) is 17.3. The predicted octanol–water partition coefficient (Wildman–Crippen LogP) is 3.49. The van der Waals surface area contributed by atoms with E-state index in [0.29, 0.717) is 11.4 Å². The van der Waals surface area contributed by atoms with E-state index < -0.39 is 22.9 Å². The van der Waals surface area contributed by atoms with E-state index in [4.69, 9.17) is 0 Å². The molecule has 1 aromatic heterocycles. The molecule has 0 aliphatic carbocycles. The normalized spacial score (nSPS) is 17.3. The van der Waals surface area contributed by atoms with Crippen LogP contribution in [0.25, 0.3) is 0 Å². The Morgan fingerprint density at radius 2 is 2.21 bits per heavy atom. The van der Waals surface area contributed by atoms with Crippen LogP contribution in [-0.2, 0) is 16.0 Å². The molecule has 0 spiro atoms. The van der Waals surface area contributed by atoms with Crippen molar-refractivity contribution in [2.75, 3.05) is 12.4 Å². The SMILES string of the molecule is CN1C(C(=O)Nc2ccc(F)c(Br)c2)=CC(c2cccs2)=NS1=O. The van der Waals surface area contributed by atoms with Crippen LogP contribution in [0.15, 0.2) is 56.4 Å². The molecule has 1 N–H and O–H groups in total. The van der Waals surface area contributed by atoms with Crippen LogP contribution in [0.2, 0.25) is 0 Å². The molecule has 2 heterocycles. The van der Waals surface area contributed by atoms with Gasteiger partial charge in [-0.25, -0.2) is 8.60 Å². The second kappa shape index (κ2) is 6.96. The molecule has 0 saturated carbocycles. The van der Waals surface area contributed by atoms with Gasteiger partial charge in [-0.1, -0.05) is 6.07 Å². The maximum atomic E-state index is 13.3. The van der Waals surface area contributed by atoms with Crippen molar-refractivity contribution in [3.8, 4) is 0 Å². The third-order valence-corrected chi connectivity index (χ3v) is 5.73. The van der Waals surface area contributed by atoms with Crippen molar-refractivity contribution in [2.45, 2.75) is 0 Å². The summed E-state index contributed by atoms with van der Waals surface area (Å²) in [5, 5.41) is 4.54. The van der Waals surface area contributed by atoms with Crippen molar-refractivity contribution < 1.29 is 13.4 Å². The summed E-state index contributed by atoms with van der Waals surface area (Å²) in [4.78, 5) is 13.3. The summed E-state index contributed by atoms with van der Waals surface area (Å²) in [6.45, 7) is 0. The molecule has 0 radical (unpaired) electrons. The highest BCUT2D eigenvalue weighted by atomic mass is 79.9. The minimum atomic E-state index is -1.69. The Morgan fingerprint density at radius 1 is 1.42 bits per heavy atom. The first kappa shape index (κ1) is 17.0. The van der Waals surface area contributed by atoms with Gasteiger partial charge in [-0.3, -0.25) is 9.10 Å². The summed E-state index contributed by atoms with van der Waals surface area (Å²) in [7, 11) is 1.52. The maximum Gasteiger partial charge on any atom is 0.272 e. The topological polar surface area (TPSA) is 61.8 Å². The molecule has 0 fully saturated rings. The van der Waals surface area contributed by atoms with E-state index in [0.717, 1.165) is 4.88 Å². The van der Waals surface area contributed by atoms with E-state index in [9.17, 15) is 13.4 Å². The first-order valence-electron chi connectivity index (χ1n) is 6.72. The Bertz CT molecular complexity index is 881. The molecule has 0 bridgehead atoms. The zero-order valence-corrected chi connectivity index (χ0v) is 15.5. The number of anilines is 1. The van der Waals surface area contributed by atoms with Gasteiger partial charge in [0.05, 0.1) is 15.1 Å². The molecule has 1 atom stereocenters. The van der Waals surface area contributed by atoms with Gasteiger partial charge in [0.15, 0.2) is 0 Å². The van der Waals surface area contributed by atoms with E-state index in [1.54, 1.807) is 6.08 Å². The van der Waals surface area contributed by atoms with Crippen LogP contribution in [0, 0.1) is 5.82 Å². The molecule has 24 heavy (non-hydrogen) atoms. The lowest BCUT2D eigenvalue weighted by Gasteiger charge is -2.22. The van der Waals surface area contributed by atoms with Crippen LogP contribution in [0.3, 0.4) is 0 Å². The molecular weight excluding hydrogens is 417 g/mol. The number of amides is 1. The molecule has 1 unspecified atom stereocenters. The van der Waals surface area contributed by atoms with E-state index in [-0.39, 0.29) is 10.2 Å². The predicted molar refractivity (Wildman–Crippen MR) is 97.6 cm³/mol. The van der Waals surface area contributed by atoms with Crippen molar-refractivity contribution in [1.29, 1.82) is 0 Å². The van der Waals surface area contributed by atoms with E-state index in [2.05, 4.69) is 25.6 Å². The van der Waals surface area contributed by atoms with Gasteiger partial charge in [0.2, 0.25) is 11.2 Å². The molecule has 3 rings (SSSR count). The molecule has 1 aromatic carbocycles. The fourth-order valence-corrected chi connectivity index (χ4v) is 3.86. The lowest BCUT2D eigenvalue weighted by molar-refractivity contribution is -0.113. The van der Waals surface area contributed by atoms with Crippen LogP contribution in [0.4, 0.5) is 10.1 Å². The van der Waals surface area contributed by atoms with E-state index >= 15 is 0 Å². The Hall–Kier alpha value is -1.84. The molecule has 5 nitrogen and oxygen atoms in total. The van der Waals surface area contributed by atoms with Gasteiger partial charge in [-0.15, -0.1) is 11.3 Å². The molecule has 1 aliphatic rings. The van der Waals surface area contributed by atoms with E-state index in [1.807, 2.05) is 17.5 Å². The molecule has 1 amide bonds. The number of hydrogen-bond acceptors (Lipinski definition) is 3. The fourth-order valence-electron chi connectivity index (χ4n) is 1.99. The summed E-state index contributed by atoms with van der Waals surface area (Å²) >= 11 is 2.83. The highest BCUT2D eigenvalue weighted by Gasteiger charge is 2.25. The Morgan fingerprint density at radius 3 is 2.88 bits per heavy atom. The summed E-state index contributed by atoms with van der Waals surface area (Å²) in [6, 6.07) is 7.85.